The maximum atomic E-state index is 11.7. The molecule has 1 amide bonds. The van der Waals surface area contributed by atoms with Gasteiger partial charge in [0.1, 0.15) is 5.76 Å². The lowest BCUT2D eigenvalue weighted by Gasteiger charge is -2.15. The second-order valence-corrected chi connectivity index (χ2v) is 5.05. The number of methoxy groups -OCH3 is 1. The maximum Gasteiger partial charge on any atom is 0.254 e. The SMILES string of the molecule is COc1cc(CCC(=O)NC(CO)CCSC)on1. The fourth-order valence-corrected chi connectivity index (χ4v) is 2.03. The fourth-order valence-electron chi connectivity index (χ4n) is 1.51. The number of nitrogens with one attached hydrogen (secondary N) is 1. The van der Waals surface area contributed by atoms with Gasteiger partial charge in [-0.15, -0.1) is 0 Å². The van der Waals surface area contributed by atoms with Crippen LogP contribution in [0.3, 0.4) is 0 Å². The number of thioether (sulfide) groups is 1. The van der Waals surface area contributed by atoms with Crippen molar-refractivity contribution in [3.8, 4) is 5.88 Å². The van der Waals surface area contributed by atoms with Crippen molar-refractivity contribution in [1.82, 2.24) is 10.5 Å². The Morgan fingerprint density at radius 1 is 1.68 bits per heavy atom. The number of hydrogen-bond donors (Lipinski definition) is 2. The van der Waals surface area contributed by atoms with Crippen molar-refractivity contribution in [3.63, 3.8) is 0 Å². The minimum absolute atomic E-state index is 0.0393. The van der Waals surface area contributed by atoms with Gasteiger partial charge in [0.05, 0.1) is 19.8 Å². The molecule has 1 aromatic rings. The Hall–Kier alpha value is -1.21. The van der Waals surface area contributed by atoms with Gasteiger partial charge in [-0.2, -0.15) is 11.8 Å². The molecule has 1 rings (SSSR count). The number of aliphatic hydroxyl groups is 1. The molecule has 0 aromatic carbocycles. The summed E-state index contributed by atoms with van der Waals surface area (Å²) < 4.78 is 9.88. The number of aromatic nitrogens is 1. The normalized spacial score (nSPS) is 12.2. The minimum atomic E-state index is -0.177. The van der Waals surface area contributed by atoms with Gasteiger partial charge in [-0.25, -0.2) is 0 Å². The molecule has 0 bridgehead atoms. The number of ether oxygens (including phenoxy) is 1. The van der Waals surface area contributed by atoms with Crippen LogP contribution in [0.25, 0.3) is 0 Å². The van der Waals surface area contributed by atoms with Gasteiger partial charge in [-0.1, -0.05) is 0 Å². The molecular weight excluding hydrogens is 268 g/mol. The van der Waals surface area contributed by atoms with Crippen molar-refractivity contribution in [3.05, 3.63) is 11.8 Å². The van der Waals surface area contributed by atoms with Crippen LogP contribution in [0.2, 0.25) is 0 Å². The first kappa shape index (κ1) is 15.8. The van der Waals surface area contributed by atoms with Gasteiger partial charge < -0.3 is 19.7 Å². The monoisotopic (exact) mass is 288 g/mol. The summed E-state index contributed by atoms with van der Waals surface area (Å²) in [6.07, 6.45) is 3.52. The quantitative estimate of drug-likeness (QED) is 0.700. The number of rotatable bonds is 9. The Bertz CT molecular complexity index is 384. The zero-order valence-electron chi connectivity index (χ0n) is 11.2. The Morgan fingerprint density at radius 2 is 2.47 bits per heavy atom. The Morgan fingerprint density at radius 3 is 3.05 bits per heavy atom. The molecule has 1 atom stereocenters. The Labute approximate surface area is 116 Å². The largest absolute Gasteiger partial charge is 0.479 e. The average molecular weight is 288 g/mol. The Balaban J connectivity index is 2.29. The molecule has 2 N–H and O–H groups in total. The van der Waals surface area contributed by atoms with Crippen LogP contribution in [0, 0.1) is 0 Å². The molecule has 1 heterocycles. The van der Waals surface area contributed by atoms with Crippen LogP contribution >= 0.6 is 11.8 Å². The van der Waals surface area contributed by atoms with Gasteiger partial charge in [0.25, 0.3) is 5.88 Å². The number of carbonyl (C=O) groups is 1. The van der Waals surface area contributed by atoms with Gasteiger partial charge in [-0.05, 0) is 23.6 Å². The fraction of sp³-hybridized carbons (Fsp3) is 0.667. The summed E-state index contributed by atoms with van der Waals surface area (Å²) in [5.41, 5.74) is 0. The summed E-state index contributed by atoms with van der Waals surface area (Å²) in [6, 6.07) is 1.48. The molecule has 7 heteroatoms. The average Bonchev–Trinajstić information content (AvgIpc) is 2.89. The third kappa shape index (κ3) is 5.98. The van der Waals surface area contributed by atoms with E-state index >= 15 is 0 Å². The van der Waals surface area contributed by atoms with Gasteiger partial charge >= 0.3 is 0 Å². The van der Waals surface area contributed by atoms with E-state index in [0.717, 1.165) is 12.2 Å². The van der Waals surface area contributed by atoms with Crippen molar-refractivity contribution in [1.29, 1.82) is 0 Å². The molecule has 0 aliphatic rings. The highest BCUT2D eigenvalue weighted by Gasteiger charge is 2.12. The summed E-state index contributed by atoms with van der Waals surface area (Å²) in [6.45, 7) is -0.0393. The first-order valence-electron chi connectivity index (χ1n) is 6.08. The van der Waals surface area contributed by atoms with E-state index in [9.17, 15) is 4.79 Å². The van der Waals surface area contributed by atoms with Crippen LogP contribution in [0.4, 0.5) is 0 Å². The summed E-state index contributed by atoms with van der Waals surface area (Å²) in [5.74, 6) is 1.82. The van der Waals surface area contributed by atoms with E-state index in [2.05, 4.69) is 10.5 Å². The summed E-state index contributed by atoms with van der Waals surface area (Å²) in [7, 11) is 1.51. The molecule has 19 heavy (non-hydrogen) atoms. The summed E-state index contributed by atoms with van der Waals surface area (Å²) >= 11 is 1.69. The lowest BCUT2D eigenvalue weighted by Crippen LogP contribution is -2.38. The van der Waals surface area contributed by atoms with E-state index in [4.69, 9.17) is 14.4 Å². The van der Waals surface area contributed by atoms with Gasteiger partial charge in [0, 0.05) is 18.9 Å². The molecular formula is C12H20N2O4S. The third-order valence-corrected chi connectivity index (χ3v) is 3.24. The predicted molar refractivity (Wildman–Crippen MR) is 73.4 cm³/mol. The zero-order chi connectivity index (χ0) is 14.1. The van der Waals surface area contributed by atoms with Crippen LogP contribution in [-0.2, 0) is 11.2 Å². The second kappa shape index (κ2) is 8.82. The first-order valence-corrected chi connectivity index (χ1v) is 7.47. The number of hydrogen-bond acceptors (Lipinski definition) is 6. The van der Waals surface area contributed by atoms with Crippen molar-refractivity contribution in [2.45, 2.75) is 25.3 Å². The van der Waals surface area contributed by atoms with E-state index in [-0.39, 0.29) is 18.6 Å². The van der Waals surface area contributed by atoms with E-state index in [1.807, 2.05) is 6.26 Å². The minimum Gasteiger partial charge on any atom is -0.479 e. The number of carbonyl (C=O) groups excluding carboxylic acids is 1. The number of nitrogens with zero attached hydrogens (tertiary/aromatic N) is 1. The van der Waals surface area contributed by atoms with Crippen LogP contribution in [0.15, 0.2) is 10.6 Å². The molecule has 0 aliphatic carbocycles. The van der Waals surface area contributed by atoms with Crippen molar-refractivity contribution >= 4 is 17.7 Å². The molecule has 1 unspecified atom stereocenters. The van der Waals surface area contributed by atoms with Gasteiger partial charge in [0.2, 0.25) is 5.91 Å². The predicted octanol–water partition coefficient (Wildman–Crippen LogP) is 0.846. The first-order chi connectivity index (χ1) is 9.19. The lowest BCUT2D eigenvalue weighted by molar-refractivity contribution is -0.122. The molecule has 0 saturated carbocycles. The van der Waals surface area contributed by atoms with Gasteiger partial charge in [0.15, 0.2) is 0 Å². The molecule has 0 fully saturated rings. The molecule has 108 valence electrons. The molecule has 0 aliphatic heterocycles. The molecule has 1 aromatic heterocycles. The highest BCUT2D eigenvalue weighted by atomic mass is 32.2. The molecule has 6 nitrogen and oxygen atoms in total. The van der Waals surface area contributed by atoms with Gasteiger partial charge in [-0.3, -0.25) is 4.79 Å². The number of amides is 1. The third-order valence-electron chi connectivity index (χ3n) is 2.60. The zero-order valence-corrected chi connectivity index (χ0v) is 12.0. The van der Waals surface area contributed by atoms with E-state index in [1.165, 1.54) is 7.11 Å². The smallest absolute Gasteiger partial charge is 0.254 e. The highest BCUT2D eigenvalue weighted by Crippen LogP contribution is 2.12. The van der Waals surface area contributed by atoms with Crippen molar-refractivity contribution < 1.29 is 19.2 Å². The second-order valence-electron chi connectivity index (χ2n) is 4.06. The van der Waals surface area contributed by atoms with Crippen LogP contribution < -0.4 is 10.1 Å². The molecule has 0 spiro atoms. The van der Waals surface area contributed by atoms with Crippen LogP contribution in [0.5, 0.6) is 5.88 Å². The van der Waals surface area contributed by atoms with Crippen LogP contribution in [0.1, 0.15) is 18.6 Å². The standard InChI is InChI=1S/C12H20N2O4S/c1-17-12-7-10(18-14-12)3-4-11(16)13-9(8-15)5-6-19-2/h7,9,15H,3-6,8H2,1-2H3,(H,13,16). The van der Waals surface area contributed by atoms with Crippen molar-refractivity contribution in [2.24, 2.45) is 0 Å². The Kier molecular flexibility index (Phi) is 7.35. The van der Waals surface area contributed by atoms with Crippen LogP contribution in [-0.4, -0.2) is 47.9 Å². The molecule has 0 radical (unpaired) electrons. The summed E-state index contributed by atoms with van der Waals surface area (Å²) in [5, 5.41) is 15.6. The summed E-state index contributed by atoms with van der Waals surface area (Å²) in [4.78, 5) is 11.7. The van der Waals surface area contributed by atoms with E-state index in [1.54, 1.807) is 17.8 Å². The maximum absolute atomic E-state index is 11.7. The molecule has 0 saturated heterocycles. The highest BCUT2D eigenvalue weighted by molar-refractivity contribution is 7.98. The van der Waals surface area contributed by atoms with Crippen molar-refractivity contribution in [2.75, 3.05) is 25.7 Å². The topological polar surface area (TPSA) is 84.6 Å². The van der Waals surface area contributed by atoms with E-state index in [0.29, 0.717) is 24.5 Å². The van der Waals surface area contributed by atoms with E-state index < -0.39 is 0 Å². The lowest BCUT2D eigenvalue weighted by atomic mass is 10.2. The number of aliphatic hydroxyl groups excluding tert-OH is 1. The number of aryl methyl sites for hydroxylation is 1.